The van der Waals surface area contributed by atoms with Crippen molar-refractivity contribution in [1.29, 1.82) is 0 Å². The minimum absolute atomic E-state index is 0.161. The third-order valence-corrected chi connectivity index (χ3v) is 4.21. The van der Waals surface area contributed by atoms with Crippen LogP contribution >= 0.6 is 15.9 Å². The molecule has 0 saturated heterocycles. The summed E-state index contributed by atoms with van der Waals surface area (Å²) in [6.45, 7) is 9.46. The maximum Gasteiger partial charge on any atom is 0.254 e. The average molecular weight is 340 g/mol. The van der Waals surface area contributed by atoms with Gasteiger partial charge in [0.15, 0.2) is 0 Å². The van der Waals surface area contributed by atoms with Gasteiger partial charge in [-0.15, -0.1) is 0 Å². The maximum absolute atomic E-state index is 12.8. The molecule has 1 aromatic rings. The third-order valence-electron chi connectivity index (χ3n) is 3.56. The van der Waals surface area contributed by atoms with E-state index in [1.54, 1.807) is 0 Å². The Labute approximate surface area is 131 Å². The first-order valence-electron chi connectivity index (χ1n) is 7.49. The van der Waals surface area contributed by atoms with E-state index in [9.17, 15) is 4.79 Å². The first-order chi connectivity index (χ1) is 9.53. The van der Waals surface area contributed by atoms with Crippen molar-refractivity contribution in [2.24, 2.45) is 5.92 Å². The van der Waals surface area contributed by atoms with E-state index in [2.05, 4.69) is 43.6 Å². The zero-order valence-electron chi connectivity index (χ0n) is 13.0. The number of carbonyl (C=O) groups excluding carboxylic acids is 1. The lowest BCUT2D eigenvalue weighted by atomic mass is 10.0. The van der Waals surface area contributed by atoms with Gasteiger partial charge in [-0.1, -0.05) is 55.8 Å². The van der Waals surface area contributed by atoms with E-state index in [0.717, 1.165) is 30.3 Å². The highest BCUT2D eigenvalue weighted by Crippen LogP contribution is 2.17. The molecule has 0 N–H and O–H groups in total. The van der Waals surface area contributed by atoms with Gasteiger partial charge in [0, 0.05) is 23.5 Å². The molecule has 20 heavy (non-hydrogen) atoms. The number of alkyl halides is 1. The molecule has 0 atom stereocenters. The zero-order valence-corrected chi connectivity index (χ0v) is 14.6. The summed E-state index contributed by atoms with van der Waals surface area (Å²) < 4.78 is 0. The van der Waals surface area contributed by atoms with Crippen molar-refractivity contribution in [3.63, 3.8) is 0 Å². The highest BCUT2D eigenvalue weighted by Gasteiger charge is 2.22. The number of carbonyl (C=O) groups is 1. The van der Waals surface area contributed by atoms with E-state index in [-0.39, 0.29) is 5.91 Å². The Bertz CT molecular complexity index is 410. The van der Waals surface area contributed by atoms with Crippen LogP contribution < -0.4 is 0 Å². The average Bonchev–Trinajstić information content (AvgIpc) is 2.46. The molecule has 0 spiro atoms. The highest BCUT2D eigenvalue weighted by atomic mass is 79.9. The molecule has 0 aliphatic carbocycles. The molecule has 0 saturated carbocycles. The molecule has 0 fully saturated rings. The van der Waals surface area contributed by atoms with Crippen LogP contribution in [-0.2, 0) is 5.33 Å². The lowest BCUT2D eigenvalue weighted by Gasteiger charge is -2.32. The summed E-state index contributed by atoms with van der Waals surface area (Å²) in [5.74, 6) is 0.648. The molecule has 0 aromatic heterocycles. The number of benzene rings is 1. The van der Waals surface area contributed by atoms with Gasteiger partial charge in [-0.05, 0) is 36.5 Å². The number of amides is 1. The molecule has 0 heterocycles. The highest BCUT2D eigenvalue weighted by molar-refractivity contribution is 9.08. The van der Waals surface area contributed by atoms with Crippen molar-refractivity contribution in [1.82, 2.24) is 4.90 Å². The minimum atomic E-state index is 0.161. The number of nitrogens with zero attached hydrogens (tertiary/aromatic N) is 1. The number of halogens is 1. The van der Waals surface area contributed by atoms with Crippen LogP contribution in [0.4, 0.5) is 0 Å². The van der Waals surface area contributed by atoms with Crippen LogP contribution in [-0.4, -0.2) is 23.4 Å². The molecule has 0 radical (unpaired) electrons. The molecule has 1 rings (SSSR count). The molecular weight excluding hydrogens is 314 g/mol. The molecule has 0 aliphatic heterocycles. The number of rotatable bonds is 7. The van der Waals surface area contributed by atoms with Gasteiger partial charge in [-0.2, -0.15) is 0 Å². The fourth-order valence-electron chi connectivity index (χ4n) is 2.42. The van der Waals surface area contributed by atoms with Gasteiger partial charge in [0.25, 0.3) is 5.91 Å². The molecule has 112 valence electrons. The van der Waals surface area contributed by atoms with Crippen LogP contribution in [0.2, 0.25) is 0 Å². The zero-order chi connectivity index (χ0) is 15.1. The fourth-order valence-corrected chi connectivity index (χ4v) is 2.80. The van der Waals surface area contributed by atoms with Gasteiger partial charge in [-0.25, -0.2) is 0 Å². The SMILES string of the molecule is CCC(CC)N(CC(C)C)C(=O)c1ccc(CBr)cc1. The van der Waals surface area contributed by atoms with Crippen molar-refractivity contribution in [3.05, 3.63) is 35.4 Å². The van der Waals surface area contributed by atoms with Gasteiger partial charge in [-0.3, -0.25) is 4.79 Å². The van der Waals surface area contributed by atoms with Crippen molar-refractivity contribution >= 4 is 21.8 Å². The fraction of sp³-hybridized carbons (Fsp3) is 0.588. The first-order valence-corrected chi connectivity index (χ1v) is 8.61. The van der Waals surface area contributed by atoms with Crippen LogP contribution in [0.3, 0.4) is 0 Å². The predicted molar refractivity (Wildman–Crippen MR) is 89.3 cm³/mol. The van der Waals surface area contributed by atoms with E-state index < -0.39 is 0 Å². The van der Waals surface area contributed by atoms with E-state index in [1.807, 2.05) is 29.2 Å². The molecule has 3 heteroatoms. The Kier molecular flexibility index (Phi) is 7.28. The van der Waals surface area contributed by atoms with Crippen LogP contribution in [0.25, 0.3) is 0 Å². The molecule has 0 aliphatic rings. The Hall–Kier alpha value is -0.830. The Morgan fingerprint density at radius 1 is 1.15 bits per heavy atom. The first kappa shape index (κ1) is 17.2. The summed E-state index contributed by atoms with van der Waals surface area (Å²) in [7, 11) is 0. The van der Waals surface area contributed by atoms with Crippen LogP contribution in [0, 0.1) is 5.92 Å². The molecular formula is C17H26BrNO. The predicted octanol–water partition coefficient (Wildman–Crippen LogP) is 4.87. The monoisotopic (exact) mass is 339 g/mol. The van der Waals surface area contributed by atoms with E-state index >= 15 is 0 Å². The topological polar surface area (TPSA) is 20.3 Å². The van der Waals surface area contributed by atoms with Crippen LogP contribution in [0.5, 0.6) is 0 Å². The maximum atomic E-state index is 12.8. The number of hydrogen-bond donors (Lipinski definition) is 0. The lowest BCUT2D eigenvalue weighted by molar-refractivity contribution is 0.0640. The van der Waals surface area contributed by atoms with Crippen molar-refractivity contribution in [2.45, 2.75) is 51.9 Å². The van der Waals surface area contributed by atoms with Gasteiger partial charge in [0.2, 0.25) is 0 Å². The normalized spacial score (nSPS) is 11.2. The molecule has 0 unspecified atom stereocenters. The molecule has 0 bridgehead atoms. The minimum Gasteiger partial charge on any atom is -0.335 e. The summed E-state index contributed by atoms with van der Waals surface area (Å²) in [4.78, 5) is 14.8. The second kappa shape index (κ2) is 8.46. The van der Waals surface area contributed by atoms with Gasteiger partial charge in [0.05, 0.1) is 0 Å². The van der Waals surface area contributed by atoms with Gasteiger partial charge in [0.1, 0.15) is 0 Å². The van der Waals surface area contributed by atoms with E-state index in [4.69, 9.17) is 0 Å². The lowest BCUT2D eigenvalue weighted by Crippen LogP contribution is -2.42. The third kappa shape index (κ3) is 4.62. The van der Waals surface area contributed by atoms with E-state index in [0.29, 0.717) is 12.0 Å². The smallest absolute Gasteiger partial charge is 0.254 e. The summed E-state index contributed by atoms with van der Waals surface area (Å²) in [5, 5.41) is 0.823. The standard InChI is InChI=1S/C17H26BrNO/c1-5-16(6-2)19(12-13(3)4)17(20)15-9-7-14(11-18)8-10-15/h7-10,13,16H,5-6,11-12H2,1-4H3. The van der Waals surface area contributed by atoms with Gasteiger partial charge < -0.3 is 4.90 Å². The van der Waals surface area contributed by atoms with Crippen molar-refractivity contribution < 1.29 is 4.79 Å². The molecule has 1 aromatic carbocycles. The summed E-state index contributed by atoms with van der Waals surface area (Å²) in [5.41, 5.74) is 1.99. The van der Waals surface area contributed by atoms with Crippen molar-refractivity contribution in [2.75, 3.05) is 6.54 Å². The largest absolute Gasteiger partial charge is 0.335 e. The second-order valence-corrected chi connectivity index (χ2v) is 6.21. The number of hydrogen-bond acceptors (Lipinski definition) is 1. The summed E-state index contributed by atoms with van der Waals surface area (Å²) >= 11 is 3.43. The Morgan fingerprint density at radius 2 is 1.70 bits per heavy atom. The summed E-state index contributed by atoms with van der Waals surface area (Å²) in [6, 6.07) is 8.24. The summed E-state index contributed by atoms with van der Waals surface area (Å²) in [6.07, 6.45) is 2.02. The van der Waals surface area contributed by atoms with Crippen LogP contribution in [0.1, 0.15) is 56.5 Å². The second-order valence-electron chi connectivity index (χ2n) is 5.65. The Balaban J connectivity index is 2.95. The molecule has 2 nitrogen and oxygen atoms in total. The van der Waals surface area contributed by atoms with Crippen molar-refractivity contribution in [3.8, 4) is 0 Å². The molecule has 1 amide bonds. The Morgan fingerprint density at radius 3 is 2.10 bits per heavy atom. The van der Waals surface area contributed by atoms with Crippen LogP contribution in [0.15, 0.2) is 24.3 Å². The van der Waals surface area contributed by atoms with Gasteiger partial charge >= 0.3 is 0 Å². The van der Waals surface area contributed by atoms with E-state index in [1.165, 1.54) is 5.56 Å². The quantitative estimate of drug-likeness (QED) is 0.649.